The predicted molar refractivity (Wildman–Crippen MR) is 97.4 cm³/mol. The van der Waals surface area contributed by atoms with Crippen LogP contribution in [0.1, 0.15) is 21.5 Å². The van der Waals surface area contributed by atoms with E-state index in [-0.39, 0.29) is 11.6 Å². The molecular weight excluding hydrogens is 332 g/mol. The maximum absolute atomic E-state index is 12.2. The summed E-state index contributed by atoms with van der Waals surface area (Å²) in [5, 5.41) is 17.8. The number of carbonyl (C=O) groups is 1. The Morgan fingerprint density at radius 3 is 2.62 bits per heavy atom. The van der Waals surface area contributed by atoms with Crippen molar-refractivity contribution in [2.75, 3.05) is 6.54 Å². The predicted octanol–water partition coefficient (Wildman–Crippen LogP) is 3.06. The number of nitro groups is 1. The molecule has 3 rings (SSSR count). The molecule has 0 unspecified atom stereocenters. The van der Waals surface area contributed by atoms with Crippen molar-refractivity contribution in [1.29, 1.82) is 0 Å². The highest BCUT2D eigenvalue weighted by atomic mass is 16.6. The number of rotatable bonds is 6. The number of benzene rings is 2. The number of aromatic nitrogens is 2. The van der Waals surface area contributed by atoms with Crippen LogP contribution in [0.5, 0.6) is 0 Å². The van der Waals surface area contributed by atoms with Crippen LogP contribution in [-0.2, 0) is 6.42 Å². The molecule has 0 bridgehead atoms. The average Bonchev–Trinajstić information content (AvgIpc) is 3.16. The second kappa shape index (κ2) is 7.60. The largest absolute Gasteiger partial charge is 0.352 e. The van der Waals surface area contributed by atoms with E-state index in [4.69, 9.17) is 0 Å². The van der Waals surface area contributed by atoms with Crippen LogP contribution < -0.4 is 5.32 Å². The highest BCUT2D eigenvalue weighted by Crippen LogP contribution is 2.18. The fourth-order valence-electron chi connectivity index (χ4n) is 2.66. The van der Waals surface area contributed by atoms with Gasteiger partial charge in [-0.1, -0.05) is 12.1 Å². The second-order valence-corrected chi connectivity index (χ2v) is 5.88. The normalized spacial score (nSPS) is 10.5. The van der Waals surface area contributed by atoms with Gasteiger partial charge in [0.15, 0.2) is 0 Å². The van der Waals surface area contributed by atoms with Crippen LogP contribution in [0.2, 0.25) is 0 Å². The Morgan fingerprint density at radius 2 is 2.00 bits per heavy atom. The van der Waals surface area contributed by atoms with E-state index < -0.39 is 4.92 Å². The molecule has 0 atom stereocenters. The molecule has 1 heterocycles. The number of carbonyl (C=O) groups excluding carboxylic acids is 1. The van der Waals surface area contributed by atoms with E-state index in [2.05, 4.69) is 10.4 Å². The van der Waals surface area contributed by atoms with Gasteiger partial charge in [-0.25, -0.2) is 4.68 Å². The van der Waals surface area contributed by atoms with Gasteiger partial charge in [0.2, 0.25) is 0 Å². The molecular formula is C19H18N4O3. The minimum atomic E-state index is -0.454. The quantitative estimate of drug-likeness (QED) is 0.546. The molecule has 0 aliphatic carbocycles. The summed E-state index contributed by atoms with van der Waals surface area (Å²) in [6, 6.07) is 14.2. The van der Waals surface area contributed by atoms with E-state index in [0.29, 0.717) is 24.1 Å². The highest BCUT2D eigenvalue weighted by molar-refractivity contribution is 5.94. The molecule has 1 aromatic heterocycles. The van der Waals surface area contributed by atoms with E-state index >= 15 is 0 Å². The van der Waals surface area contributed by atoms with Gasteiger partial charge in [0.25, 0.3) is 11.6 Å². The Labute approximate surface area is 150 Å². The van der Waals surface area contributed by atoms with Gasteiger partial charge in [-0.3, -0.25) is 14.9 Å². The third-order valence-corrected chi connectivity index (χ3v) is 4.06. The van der Waals surface area contributed by atoms with Crippen LogP contribution >= 0.6 is 0 Å². The lowest BCUT2D eigenvalue weighted by Crippen LogP contribution is -2.25. The van der Waals surface area contributed by atoms with Gasteiger partial charge in [-0.2, -0.15) is 5.10 Å². The van der Waals surface area contributed by atoms with Crippen molar-refractivity contribution in [2.24, 2.45) is 0 Å². The molecule has 0 radical (unpaired) electrons. The lowest BCUT2D eigenvalue weighted by Gasteiger charge is -2.07. The van der Waals surface area contributed by atoms with Crippen molar-refractivity contribution in [3.63, 3.8) is 0 Å². The molecule has 0 aliphatic rings. The third kappa shape index (κ3) is 3.94. The van der Waals surface area contributed by atoms with Crippen molar-refractivity contribution < 1.29 is 9.72 Å². The molecule has 3 aromatic rings. The molecule has 7 heteroatoms. The second-order valence-electron chi connectivity index (χ2n) is 5.88. The van der Waals surface area contributed by atoms with Gasteiger partial charge < -0.3 is 5.32 Å². The molecule has 132 valence electrons. The van der Waals surface area contributed by atoms with E-state index in [1.165, 1.54) is 18.2 Å². The summed E-state index contributed by atoms with van der Waals surface area (Å²) in [5.74, 6) is -0.240. The summed E-state index contributed by atoms with van der Waals surface area (Å²) in [7, 11) is 0. The molecule has 7 nitrogen and oxygen atoms in total. The van der Waals surface area contributed by atoms with Crippen LogP contribution in [-0.4, -0.2) is 27.2 Å². The van der Waals surface area contributed by atoms with Crippen LogP contribution in [0.4, 0.5) is 5.69 Å². The van der Waals surface area contributed by atoms with Crippen molar-refractivity contribution >= 4 is 11.6 Å². The molecule has 2 aromatic carbocycles. The van der Waals surface area contributed by atoms with E-state index in [1.54, 1.807) is 17.8 Å². The topological polar surface area (TPSA) is 90.1 Å². The van der Waals surface area contributed by atoms with Crippen LogP contribution in [0.15, 0.2) is 60.9 Å². The number of hydrogen-bond acceptors (Lipinski definition) is 4. The zero-order valence-electron chi connectivity index (χ0n) is 14.3. The van der Waals surface area contributed by atoms with Crippen LogP contribution in [0.3, 0.4) is 0 Å². The number of nitro benzene ring substituents is 1. The first-order chi connectivity index (χ1) is 12.5. The number of nitrogens with zero attached hydrogens (tertiary/aromatic N) is 3. The monoisotopic (exact) mass is 350 g/mol. The summed E-state index contributed by atoms with van der Waals surface area (Å²) < 4.78 is 1.78. The summed E-state index contributed by atoms with van der Waals surface area (Å²) in [6.45, 7) is 2.10. The lowest BCUT2D eigenvalue weighted by atomic mass is 10.1. The Morgan fingerprint density at radius 1 is 1.23 bits per heavy atom. The van der Waals surface area contributed by atoms with E-state index in [0.717, 1.165) is 11.3 Å². The summed E-state index contributed by atoms with van der Waals surface area (Å²) in [6.07, 6.45) is 4.29. The van der Waals surface area contributed by atoms with Gasteiger partial charge in [-0.15, -0.1) is 0 Å². The van der Waals surface area contributed by atoms with Gasteiger partial charge in [0.05, 0.1) is 10.6 Å². The van der Waals surface area contributed by atoms with Crippen molar-refractivity contribution in [3.8, 4) is 5.69 Å². The first-order valence-corrected chi connectivity index (χ1v) is 8.17. The Kier molecular flexibility index (Phi) is 5.07. The zero-order valence-corrected chi connectivity index (χ0v) is 14.3. The highest BCUT2D eigenvalue weighted by Gasteiger charge is 2.13. The number of hydrogen-bond donors (Lipinski definition) is 1. The Balaban J connectivity index is 1.55. The minimum Gasteiger partial charge on any atom is -0.352 e. The fourth-order valence-corrected chi connectivity index (χ4v) is 2.66. The number of nitrogens with one attached hydrogen (secondary N) is 1. The molecule has 1 N–H and O–H groups in total. The van der Waals surface area contributed by atoms with Crippen molar-refractivity contribution in [1.82, 2.24) is 15.1 Å². The fraction of sp³-hybridized carbons (Fsp3) is 0.158. The summed E-state index contributed by atoms with van der Waals surface area (Å²) in [5.41, 5.74) is 2.98. The molecule has 26 heavy (non-hydrogen) atoms. The molecule has 0 spiro atoms. The first kappa shape index (κ1) is 17.3. The minimum absolute atomic E-state index is 0.0128. The van der Waals surface area contributed by atoms with E-state index in [9.17, 15) is 14.9 Å². The van der Waals surface area contributed by atoms with Crippen LogP contribution in [0, 0.1) is 17.0 Å². The summed E-state index contributed by atoms with van der Waals surface area (Å²) >= 11 is 0. The lowest BCUT2D eigenvalue weighted by molar-refractivity contribution is -0.385. The van der Waals surface area contributed by atoms with Gasteiger partial charge in [-0.05, 0) is 49.2 Å². The number of amides is 1. The SMILES string of the molecule is Cc1cc(C(=O)NCCc2ccc(-n3cccn3)cc2)ccc1[N+](=O)[O-]. The van der Waals surface area contributed by atoms with E-state index in [1.807, 2.05) is 36.5 Å². The molecule has 0 aliphatic heterocycles. The molecule has 0 fully saturated rings. The molecule has 0 saturated carbocycles. The maximum Gasteiger partial charge on any atom is 0.272 e. The van der Waals surface area contributed by atoms with Crippen molar-refractivity contribution in [3.05, 3.63) is 87.7 Å². The molecule has 1 amide bonds. The smallest absolute Gasteiger partial charge is 0.272 e. The number of aryl methyl sites for hydroxylation is 1. The average molecular weight is 350 g/mol. The van der Waals surface area contributed by atoms with Gasteiger partial charge in [0.1, 0.15) is 0 Å². The molecule has 0 saturated heterocycles. The zero-order chi connectivity index (χ0) is 18.5. The van der Waals surface area contributed by atoms with Crippen LogP contribution in [0.25, 0.3) is 5.69 Å². The van der Waals surface area contributed by atoms with Gasteiger partial charge in [0, 0.05) is 36.1 Å². The third-order valence-electron chi connectivity index (χ3n) is 4.06. The Bertz CT molecular complexity index is 918. The Hall–Kier alpha value is -3.48. The first-order valence-electron chi connectivity index (χ1n) is 8.17. The van der Waals surface area contributed by atoms with Crippen molar-refractivity contribution in [2.45, 2.75) is 13.3 Å². The van der Waals surface area contributed by atoms with Gasteiger partial charge >= 0.3 is 0 Å². The maximum atomic E-state index is 12.2. The standard InChI is InChI=1S/C19H18N4O3/c1-14-13-16(5-8-18(14)23(25)26)19(24)20-11-9-15-3-6-17(7-4-15)22-12-2-10-21-22/h2-8,10,12-13H,9,11H2,1H3,(H,20,24). The summed E-state index contributed by atoms with van der Waals surface area (Å²) in [4.78, 5) is 22.6.